The molecule has 368 valence electrons. The summed E-state index contributed by atoms with van der Waals surface area (Å²) >= 11 is 0. The highest BCUT2D eigenvalue weighted by Crippen LogP contribution is 2.39. The maximum atomic E-state index is 13.4. The molecule has 22 heteroatoms. The van der Waals surface area contributed by atoms with Crippen molar-refractivity contribution in [2.24, 2.45) is 0 Å². The minimum Gasteiger partial charge on any atom is -0.494 e. The fraction of sp³-hybridized carbons (Fsp3) is 0.333. The molecule has 0 unspecified atom stereocenters. The third kappa shape index (κ3) is 11.2. The van der Waals surface area contributed by atoms with E-state index < -0.39 is 30.2 Å². The molecule has 0 saturated carbocycles. The van der Waals surface area contributed by atoms with Crippen LogP contribution in [0.25, 0.3) is 34.5 Å². The van der Waals surface area contributed by atoms with Gasteiger partial charge in [-0.05, 0) is 90.1 Å². The zero-order valence-electron chi connectivity index (χ0n) is 40.4. The molecule has 0 radical (unpaired) electrons. The Morgan fingerprint density at radius 2 is 0.857 bits per heavy atom. The standard InChI is InChI=1S/2C24H27N5O5S/c2*1-15-12-26-18(13-25-15)11-17(3)35(30,31)14-22-27-28-24(21-10-9-16(2)34-21)29(22)23-19(32-4)7-6-8-20(23)33-5/h2*6-10,12-13,17H,11,14H2,1-5H3/t2*17-/m10/s1. The Bertz CT molecular complexity index is 3030. The number of ether oxygens (including phenoxy) is 4. The Kier molecular flexibility index (Phi) is 15.5. The van der Waals surface area contributed by atoms with E-state index in [9.17, 15) is 16.8 Å². The van der Waals surface area contributed by atoms with E-state index in [2.05, 4.69) is 40.3 Å². The van der Waals surface area contributed by atoms with Crippen molar-refractivity contribution < 1.29 is 44.6 Å². The highest BCUT2D eigenvalue weighted by molar-refractivity contribution is 7.91. The van der Waals surface area contributed by atoms with E-state index >= 15 is 0 Å². The molecule has 2 aromatic carbocycles. The normalized spacial score (nSPS) is 12.5. The van der Waals surface area contributed by atoms with Crippen LogP contribution in [0, 0.1) is 27.7 Å². The largest absolute Gasteiger partial charge is 0.494 e. The van der Waals surface area contributed by atoms with Gasteiger partial charge in [-0.3, -0.25) is 29.1 Å². The quantitative estimate of drug-likeness (QED) is 0.0840. The first-order chi connectivity index (χ1) is 33.5. The molecule has 20 nitrogen and oxygen atoms in total. The smallest absolute Gasteiger partial charge is 0.204 e. The lowest BCUT2D eigenvalue weighted by Gasteiger charge is -2.18. The second-order valence-corrected chi connectivity index (χ2v) is 21.2. The van der Waals surface area contributed by atoms with Crippen LogP contribution < -0.4 is 18.9 Å². The van der Waals surface area contributed by atoms with Gasteiger partial charge < -0.3 is 27.8 Å². The van der Waals surface area contributed by atoms with Crippen LogP contribution >= 0.6 is 0 Å². The molecule has 8 aromatic rings. The summed E-state index contributed by atoms with van der Waals surface area (Å²) in [5, 5.41) is 15.6. The average molecular weight is 995 g/mol. The number of aryl methyl sites for hydroxylation is 4. The van der Waals surface area contributed by atoms with E-state index in [1.165, 1.54) is 28.4 Å². The molecule has 2 atom stereocenters. The number of benzene rings is 2. The summed E-state index contributed by atoms with van der Waals surface area (Å²) in [4.78, 5) is 17.0. The van der Waals surface area contributed by atoms with Gasteiger partial charge in [-0.15, -0.1) is 20.4 Å². The molecule has 0 saturated heterocycles. The summed E-state index contributed by atoms with van der Waals surface area (Å²) in [6.07, 6.45) is 6.90. The number of aromatic nitrogens is 10. The fourth-order valence-electron chi connectivity index (χ4n) is 7.36. The molecule has 0 aliphatic heterocycles. The molecule has 0 N–H and O–H groups in total. The second kappa shape index (κ2) is 21.5. The first kappa shape index (κ1) is 50.4. The van der Waals surface area contributed by atoms with E-state index in [0.29, 0.717) is 80.5 Å². The van der Waals surface area contributed by atoms with E-state index in [4.69, 9.17) is 27.8 Å². The third-order valence-corrected chi connectivity index (χ3v) is 15.3. The first-order valence-corrected chi connectivity index (χ1v) is 25.3. The van der Waals surface area contributed by atoms with Crippen LogP contribution in [-0.4, -0.2) is 105 Å². The van der Waals surface area contributed by atoms with E-state index in [1.807, 2.05) is 27.7 Å². The van der Waals surface area contributed by atoms with Gasteiger partial charge in [-0.2, -0.15) is 0 Å². The Hall–Kier alpha value is -7.46. The lowest BCUT2D eigenvalue weighted by atomic mass is 10.2. The number of rotatable bonds is 18. The zero-order valence-corrected chi connectivity index (χ0v) is 42.1. The molecular weight excluding hydrogens is 941 g/mol. The molecule has 0 bridgehead atoms. The van der Waals surface area contributed by atoms with Crippen LogP contribution in [0.2, 0.25) is 0 Å². The van der Waals surface area contributed by atoms with Crippen molar-refractivity contribution in [2.45, 2.75) is 76.4 Å². The number of hydrogen-bond acceptors (Lipinski definition) is 18. The zero-order chi connectivity index (χ0) is 50.3. The Labute approximate surface area is 406 Å². The van der Waals surface area contributed by atoms with Crippen molar-refractivity contribution >= 4 is 19.7 Å². The monoisotopic (exact) mass is 994 g/mol. The van der Waals surface area contributed by atoms with Crippen molar-refractivity contribution in [1.82, 2.24) is 49.5 Å². The van der Waals surface area contributed by atoms with Crippen molar-refractivity contribution in [3.8, 4) is 57.5 Å². The van der Waals surface area contributed by atoms with Crippen LogP contribution in [-0.2, 0) is 44.0 Å². The first-order valence-electron chi connectivity index (χ1n) is 21.9. The minimum atomic E-state index is -3.66. The fourth-order valence-corrected chi connectivity index (χ4v) is 9.87. The highest BCUT2D eigenvalue weighted by atomic mass is 32.2. The average Bonchev–Trinajstić information content (AvgIpc) is 4.17. The van der Waals surface area contributed by atoms with Gasteiger partial charge in [-0.25, -0.2) is 16.8 Å². The summed E-state index contributed by atoms with van der Waals surface area (Å²) in [5.74, 6) is 4.49. The van der Waals surface area contributed by atoms with Crippen molar-refractivity contribution in [3.63, 3.8) is 0 Å². The molecule has 6 heterocycles. The van der Waals surface area contributed by atoms with Gasteiger partial charge in [0.15, 0.2) is 42.8 Å². The number of methoxy groups -OCH3 is 4. The van der Waals surface area contributed by atoms with Crippen LogP contribution in [0.15, 0.2) is 94.3 Å². The molecule has 8 rings (SSSR count). The maximum Gasteiger partial charge on any atom is 0.204 e. The van der Waals surface area contributed by atoms with Gasteiger partial charge in [0, 0.05) is 37.6 Å². The number of hydrogen-bond donors (Lipinski definition) is 0. The number of sulfone groups is 2. The van der Waals surface area contributed by atoms with Crippen molar-refractivity contribution in [3.05, 3.63) is 131 Å². The van der Waals surface area contributed by atoms with Crippen LogP contribution in [0.3, 0.4) is 0 Å². The summed E-state index contributed by atoms with van der Waals surface area (Å²) in [7, 11) is -1.20. The lowest BCUT2D eigenvalue weighted by molar-refractivity contribution is 0.390. The summed E-state index contributed by atoms with van der Waals surface area (Å²) in [6.45, 7) is 10.6. The highest BCUT2D eigenvalue weighted by Gasteiger charge is 2.32. The van der Waals surface area contributed by atoms with Crippen molar-refractivity contribution in [1.29, 1.82) is 0 Å². The van der Waals surface area contributed by atoms with Gasteiger partial charge in [0.2, 0.25) is 11.6 Å². The van der Waals surface area contributed by atoms with E-state index in [1.54, 1.807) is 108 Å². The Morgan fingerprint density at radius 3 is 1.14 bits per heavy atom. The molecule has 0 amide bonds. The van der Waals surface area contributed by atoms with E-state index in [0.717, 1.165) is 11.4 Å². The number of para-hydroxylation sites is 2. The second-order valence-electron chi connectivity index (χ2n) is 16.3. The number of furan rings is 2. The van der Waals surface area contributed by atoms with Crippen LogP contribution in [0.1, 0.15) is 59.8 Å². The molecule has 0 aliphatic carbocycles. The summed E-state index contributed by atoms with van der Waals surface area (Å²) in [5.41, 5.74) is 3.70. The molecule has 0 fully saturated rings. The van der Waals surface area contributed by atoms with Crippen molar-refractivity contribution in [2.75, 3.05) is 28.4 Å². The van der Waals surface area contributed by atoms with Gasteiger partial charge >= 0.3 is 0 Å². The minimum absolute atomic E-state index is 0.207. The predicted molar refractivity (Wildman–Crippen MR) is 259 cm³/mol. The summed E-state index contributed by atoms with van der Waals surface area (Å²) in [6, 6.07) is 17.7. The van der Waals surface area contributed by atoms with Crippen LogP contribution in [0.4, 0.5) is 0 Å². The van der Waals surface area contributed by atoms with E-state index in [-0.39, 0.29) is 36.0 Å². The summed E-state index contributed by atoms with van der Waals surface area (Å²) < 4.78 is 90.7. The lowest BCUT2D eigenvalue weighted by Crippen LogP contribution is -2.24. The molecule has 0 aliphatic rings. The topological polar surface area (TPSA) is 244 Å². The predicted octanol–water partition coefficient (Wildman–Crippen LogP) is 6.99. The van der Waals surface area contributed by atoms with Gasteiger partial charge in [0.25, 0.3) is 0 Å². The van der Waals surface area contributed by atoms with Gasteiger partial charge in [0.1, 0.15) is 57.4 Å². The maximum absolute atomic E-state index is 13.4. The SMILES string of the molecule is COc1cccc(OC)c1-n1c(CS(=O)(=O)[C@@H](C)Cc2cnc(C)cn2)nnc1-c1ccc(C)o1.COc1cccc(OC)c1-n1c(CS(=O)(=O)[C@H](C)Cc2cnc(C)cn2)nnc1-c1ccc(C)o1. The van der Waals surface area contributed by atoms with Gasteiger partial charge in [0.05, 0.1) is 61.7 Å². The Morgan fingerprint density at radius 1 is 0.500 bits per heavy atom. The molecular formula is C48H54N10O10S2. The van der Waals surface area contributed by atoms with Gasteiger partial charge in [-0.1, -0.05) is 12.1 Å². The number of nitrogens with zero attached hydrogens (tertiary/aromatic N) is 10. The third-order valence-electron chi connectivity index (χ3n) is 11.2. The molecule has 6 aromatic heterocycles. The Balaban J connectivity index is 0.000000206. The van der Waals surface area contributed by atoms with Crippen LogP contribution in [0.5, 0.6) is 23.0 Å². The molecule has 70 heavy (non-hydrogen) atoms. The molecule has 0 spiro atoms.